The normalized spacial score (nSPS) is 10.6. The fourth-order valence-corrected chi connectivity index (χ4v) is 1.32. The second kappa shape index (κ2) is 2.20. The first kappa shape index (κ1) is 6.60. The van der Waals surface area contributed by atoms with Crippen molar-refractivity contribution in [3.63, 3.8) is 0 Å². The Morgan fingerprint density at radius 2 is 2.45 bits per heavy atom. The monoisotopic (exact) mass is 213 g/mol. The fraction of sp³-hybridized carbons (Fsp3) is 0. The summed E-state index contributed by atoms with van der Waals surface area (Å²) in [5.41, 5.74) is 0.407. The van der Waals surface area contributed by atoms with Crippen molar-refractivity contribution in [1.29, 1.82) is 0 Å². The predicted molar refractivity (Wildman–Crippen MR) is 43.5 cm³/mol. The summed E-state index contributed by atoms with van der Waals surface area (Å²) < 4.78 is 2.30. The highest BCUT2D eigenvalue weighted by atomic mass is 79.9. The minimum atomic E-state index is -0.134. The lowest BCUT2D eigenvalue weighted by Gasteiger charge is -1.90. The summed E-state index contributed by atoms with van der Waals surface area (Å²) in [4.78, 5) is 17.5. The molecule has 0 amide bonds. The molecule has 0 radical (unpaired) electrons. The Morgan fingerprint density at radius 1 is 1.64 bits per heavy atom. The SMILES string of the molecule is O=c1[nH]ccn2c(Br)ncc12. The van der Waals surface area contributed by atoms with Crippen LogP contribution in [0.5, 0.6) is 0 Å². The van der Waals surface area contributed by atoms with Crippen molar-refractivity contribution in [3.8, 4) is 0 Å². The number of hydrogen-bond donors (Lipinski definition) is 1. The van der Waals surface area contributed by atoms with E-state index in [0.29, 0.717) is 10.3 Å². The molecule has 0 atom stereocenters. The third kappa shape index (κ3) is 0.883. The van der Waals surface area contributed by atoms with Crippen molar-refractivity contribution in [3.05, 3.63) is 33.7 Å². The highest BCUT2D eigenvalue weighted by Gasteiger charge is 2.00. The van der Waals surface area contributed by atoms with E-state index < -0.39 is 0 Å². The third-order valence-electron chi connectivity index (χ3n) is 1.42. The van der Waals surface area contributed by atoms with Gasteiger partial charge in [-0.2, -0.15) is 0 Å². The average molecular weight is 214 g/mol. The van der Waals surface area contributed by atoms with E-state index in [2.05, 4.69) is 25.9 Å². The minimum absolute atomic E-state index is 0.134. The molecule has 5 heteroatoms. The van der Waals surface area contributed by atoms with Crippen LogP contribution in [0.15, 0.2) is 28.1 Å². The van der Waals surface area contributed by atoms with E-state index in [-0.39, 0.29) is 5.56 Å². The number of rotatable bonds is 0. The van der Waals surface area contributed by atoms with Gasteiger partial charge in [0.15, 0.2) is 4.73 Å². The number of fused-ring (bicyclic) bond motifs is 1. The highest BCUT2D eigenvalue weighted by Crippen LogP contribution is 2.06. The van der Waals surface area contributed by atoms with Crippen LogP contribution in [0.3, 0.4) is 0 Å². The molecule has 0 aliphatic rings. The van der Waals surface area contributed by atoms with Gasteiger partial charge < -0.3 is 4.98 Å². The van der Waals surface area contributed by atoms with Gasteiger partial charge in [0.05, 0.1) is 6.20 Å². The van der Waals surface area contributed by atoms with Crippen LogP contribution in [-0.4, -0.2) is 14.4 Å². The van der Waals surface area contributed by atoms with Gasteiger partial charge >= 0.3 is 0 Å². The molecule has 0 aliphatic carbocycles. The van der Waals surface area contributed by atoms with E-state index in [1.165, 1.54) is 6.20 Å². The van der Waals surface area contributed by atoms with Crippen molar-refractivity contribution in [2.45, 2.75) is 0 Å². The van der Waals surface area contributed by atoms with Crippen LogP contribution in [0, 0.1) is 0 Å². The second-order valence-corrected chi connectivity index (χ2v) is 2.78. The van der Waals surface area contributed by atoms with Gasteiger partial charge in [0, 0.05) is 12.4 Å². The summed E-state index contributed by atoms with van der Waals surface area (Å²) in [6.07, 6.45) is 4.82. The highest BCUT2D eigenvalue weighted by molar-refractivity contribution is 9.10. The van der Waals surface area contributed by atoms with Gasteiger partial charge in [-0.25, -0.2) is 4.98 Å². The van der Waals surface area contributed by atoms with Crippen molar-refractivity contribution in [2.24, 2.45) is 0 Å². The van der Waals surface area contributed by atoms with E-state index >= 15 is 0 Å². The number of aromatic nitrogens is 3. The zero-order valence-corrected chi connectivity index (χ0v) is 7.00. The van der Waals surface area contributed by atoms with Gasteiger partial charge in [0.2, 0.25) is 0 Å². The first-order valence-corrected chi connectivity index (χ1v) is 3.78. The zero-order valence-electron chi connectivity index (χ0n) is 5.41. The van der Waals surface area contributed by atoms with E-state index in [0.717, 1.165) is 0 Å². The summed E-state index contributed by atoms with van der Waals surface area (Å²) in [5.74, 6) is 0. The van der Waals surface area contributed by atoms with Gasteiger partial charge in [-0.1, -0.05) is 0 Å². The molecule has 56 valence electrons. The molecule has 0 aliphatic heterocycles. The lowest BCUT2D eigenvalue weighted by Crippen LogP contribution is -2.06. The Kier molecular flexibility index (Phi) is 1.32. The van der Waals surface area contributed by atoms with Crippen molar-refractivity contribution in [1.82, 2.24) is 14.4 Å². The van der Waals surface area contributed by atoms with E-state index in [9.17, 15) is 4.79 Å². The summed E-state index contributed by atoms with van der Waals surface area (Å²) in [5, 5.41) is 0. The van der Waals surface area contributed by atoms with Crippen LogP contribution in [0.1, 0.15) is 0 Å². The van der Waals surface area contributed by atoms with Crippen LogP contribution in [-0.2, 0) is 0 Å². The lowest BCUT2D eigenvalue weighted by molar-refractivity contribution is 1.05. The fourth-order valence-electron chi connectivity index (χ4n) is 0.909. The predicted octanol–water partition coefficient (Wildman–Crippen LogP) is 0.785. The molecule has 0 bridgehead atoms. The first-order chi connectivity index (χ1) is 5.29. The van der Waals surface area contributed by atoms with E-state index in [1.807, 2.05) is 0 Å². The summed E-state index contributed by atoms with van der Waals surface area (Å²) in [6, 6.07) is 0. The van der Waals surface area contributed by atoms with Crippen molar-refractivity contribution >= 4 is 21.4 Å². The average Bonchev–Trinajstić information content (AvgIpc) is 2.35. The first-order valence-electron chi connectivity index (χ1n) is 2.99. The van der Waals surface area contributed by atoms with Crippen LogP contribution < -0.4 is 5.56 Å². The lowest BCUT2D eigenvalue weighted by atomic mass is 10.6. The van der Waals surface area contributed by atoms with Crippen LogP contribution in [0.25, 0.3) is 5.52 Å². The molecule has 2 aromatic rings. The van der Waals surface area contributed by atoms with Crippen molar-refractivity contribution in [2.75, 3.05) is 0 Å². The summed E-state index contributed by atoms with van der Waals surface area (Å²) >= 11 is 3.20. The smallest absolute Gasteiger partial charge is 0.273 e. The number of aromatic amines is 1. The molecule has 2 rings (SSSR count). The number of nitrogens with one attached hydrogen (secondary N) is 1. The van der Waals surface area contributed by atoms with E-state index in [4.69, 9.17) is 0 Å². The number of imidazole rings is 1. The molecule has 2 aromatic heterocycles. The van der Waals surface area contributed by atoms with Crippen LogP contribution in [0.4, 0.5) is 0 Å². The largest absolute Gasteiger partial charge is 0.326 e. The Labute approximate surface area is 70.0 Å². The Balaban J connectivity index is 3.06. The number of hydrogen-bond acceptors (Lipinski definition) is 2. The molecule has 0 unspecified atom stereocenters. The Hall–Kier alpha value is -1.10. The summed E-state index contributed by atoms with van der Waals surface area (Å²) in [7, 11) is 0. The summed E-state index contributed by atoms with van der Waals surface area (Å²) in [6.45, 7) is 0. The maximum Gasteiger partial charge on any atom is 0.273 e. The molecular weight excluding hydrogens is 210 g/mol. The van der Waals surface area contributed by atoms with Gasteiger partial charge in [0.1, 0.15) is 5.52 Å². The molecule has 0 spiro atoms. The topological polar surface area (TPSA) is 50.2 Å². The third-order valence-corrected chi connectivity index (χ3v) is 2.01. The quantitative estimate of drug-likeness (QED) is 0.704. The molecule has 1 N–H and O–H groups in total. The molecule has 4 nitrogen and oxygen atoms in total. The van der Waals surface area contributed by atoms with Crippen LogP contribution in [0.2, 0.25) is 0 Å². The number of H-pyrrole nitrogens is 1. The minimum Gasteiger partial charge on any atom is -0.326 e. The Morgan fingerprint density at radius 3 is 3.18 bits per heavy atom. The van der Waals surface area contributed by atoms with Crippen molar-refractivity contribution < 1.29 is 0 Å². The molecule has 0 fully saturated rings. The van der Waals surface area contributed by atoms with Gasteiger partial charge in [-0.15, -0.1) is 0 Å². The molecule has 0 aromatic carbocycles. The van der Waals surface area contributed by atoms with Gasteiger partial charge in [0.25, 0.3) is 5.56 Å². The second-order valence-electron chi connectivity index (χ2n) is 2.07. The zero-order chi connectivity index (χ0) is 7.84. The molecule has 0 saturated carbocycles. The van der Waals surface area contributed by atoms with Crippen LogP contribution >= 0.6 is 15.9 Å². The molecule has 2 heterocycles. The molecule has 11 heavy (non-hydrogen) atoms. The number of halogens is 1. The van der Waals surface area contributed by atoms with Gasteiger partial charge in [-0.3, -0.25) is 9.20 Å². The standard InChI is InChI=1S/C6H4BrN3O/c7-6-9-3-4-5(11)8-1-2-10(4)6/h1-3H,(H,8,11). The number of nitrogens with zero attached hydrogens (tertiary/aromatic N) is 2. The molecule has 0 saturated heterocycles. The molecular formula is C6H4BrN3O. The maximum absolute atomic E-state index is 11.1. The maximum atomic E-state index is 11.1. The van der Waals surface area contributed by atoms with Gasteiger partial charge in [-0.05, 0) is 15.9 Å². The van der Waals surface area contributed by atoms with E-state index in [1.54, 1.807) is 16.8 Å². The Bertz CT molecular complexity index is 444.